The van der Waals surface area contributed by atoms with Gasteiger partial charge in [-0.2, -0.15) is 0 Å². The molecule has 160 valence electrons. The fourth-order valence-corrected chi connectivity index (χ4v) is 3.85. The van der Waals surface area contributed by atoms with Crippen molar-refractivity contribution in [2.45, 2.75) is 4.90 Å². The van der Waals surface area contributed by atoms with Crippen molar-refractivity contribution < 1.29 is 22.9 Å². The van der Waals surface area contributed by atoms with E-state index in [1.807, 2.05) is 0 Å². The molecule has 9 nitrogen and oxygen atoms in total. The van der Waals surface area contributed by atoms with Gasteiger partial charge in [0.25, 0.3) is 21.6 Å². The Hall–Kier alpha value is -3.63. The van der Waals surface area contributed by atoms with E-state index in [0.717, 1.165) is 6.07 Å². The van der Waals surface area contributed by atoms with Gasteiger partial charge in [-0.1, -0.05) is 11.6 Å². The van der Waals surface area contributed by atoms with Gasteiger partial charge in [0.15, 0.2) is 0 Å². The van der Waals surface area contributed by atoms with E-state index in [9.17, 15) is 23.3 Å². The minimum atomic E-state index is -3.85. The zero-order chi connectivity index (χ0) is 22.6. The molecule has 0 radical (unpaired) electrons. The van der Waals surface area contributed by atoms with Crippen LogP contribution in [0.25, 0.3) is 0 Å². The van der Waals surface area contributed by atoms with Crippen LogP contribution in [0.1, 0.15) is 10.4 Å². The third kappa shape index (κ3) is 5.30. The Morgan fingerprint density at radius 2 is 1.61 bits per heavy atom. The molecule has 0 saturated carbocycles. The van der Waals surface area contributed by atoms with Crippen molar-refractivity contribution in [3.05, 3.63) is 87.4 Å². The summed E-state index contributed by atoms with van der Waals surface area (Å²) in [6.45, 7) is 0. The number of amides is 1. The summed E-state index contributed by atoms with van der Waals surface area (Å²) in [5.74, 6) is -0.0763. The second-order valence-corrected chi connectivity index (χ2v) is 8.32. The van der Waals surface area contributed by atoms with Crippen LogP contribution in [0.15, 0.2) is 71.6 Å². The Morgan fingerprint density at radius 3 is 2.19 bits per heavy atom. The number of rotatable bonds is 7. The lowest BCUT2D eigenvalue weighted by Gasteiger charge is -2.10. The van der Waals surface area contributed by atoms with Crippen LogP contribution in [-0.2, 0) is 10.0 Å². The number of nitro groups is 1. The number of sulfonamides is 1. The third-order valence-electron chi connectivity index (χ3n) is 4.17. The molecule has 0 saturated heterocycles. The standard InChI is InChI=1S/C20H16ClN3O6S/c1-30-16-7-2-14(3-8-16)23-31(28,29)17-9-4-13(5-10-17)22-20(25)18-12-15(24(26)27)6-11-19(18)21/h2-12,23H,1H3,(H,22,25). The van der Waals surface area contributed by atoms with Crippen LogP contribution < -0.4 is 14.8 Å². The highest BCUT2D eigenvalue weighted by Gasteiger charge is 2.17. The molecule has 0 aliphatic carbocycles. The monoisotopic (exact) mass is 461 g/mol. The number of carbonyl (C=O) groups is 1. The summed E-state index contributed by atoms with van der Waals surface area (Å²) in [6, 6.07) is 15.3. The molecular formula is C20H16ClN3O6S. The lowest BCUT2D eigenvalue weighted by atomic mass is 10.2. The Labute approximate surface area is 182 Å². The Bertz CT molecular complexity index is 1230. The molecule has 0 aliphatic heterocycles. The van der Waals surface area contributed by atoms with Gasteiger partial charge in [-0.3, -0.25) is 19.6 Å². The van der Waals surface area contributed by atoms with Crippen LogP contribution in [0.4, 0.5) is 17.1 Å². The Kier molecular flexibility index (Phi) is 6.42. The van der Waals surface area contributed by atoms with Crippen LogP contribution in [0.2, 0.25) is 5.02 Å². The molecule has 31 heavy (non-hydrogen) atoms. The lowest BCUT2D eigenvalue weighted by molar-refractivity contribution is -0.384. The van der Waals surface area contributed by atoms with Crippen LogP contribution in [0.5, 0.6) is 5.75 Å². The van der Waals surface area contributed by atoms with Gasteiger partial charge in [-0.25, -0.2) is 8.42 Å². The molecule has 0 heterocycles. The van der Waals surface area contributed by atoms with E-state index in [0.29, 0.717) is 11.4 Å². The highest BCUT2D eigenvalue weighted by atomic mass is 35.5. The van der Waals surface area contributed by atoms with E-state index in [4.69, 9.17) is 16.3 Å². The first-order valence-corrected chi connectivity index (χ1v) is 10.6. The molecule has 3 rings (SSSR count). The summed E-state index contributed by atoms with van der Waals surface area (Å²) < 4.78 is 32.6. The maximum absolute atomic E-state index is 12.5. The first kappa shape index (κ1) is 22.1. The number of hydrogen-bond donors (Lipinski definition) is 2. The fraction of sp³-hybridized carbons (Fsp3) is 0.0500. The van der Waals surface area contributed by atoms with Crippen molar-refractivity contribution in [1.29, 1.82) is 0 Å². The molecular weight excluding hydrogens is 446 g/mol. The van der Waals surface area contributed by atoms with Gasteiger partial charge >= 0.3 is 0 Å². The summed E-state index contributed by atoms with van der Waals surface area (Å²) in [7, 11) is -2.35. The summed E-state index contributed by atoms with van der Waals surface area (Å²) in [5, 5.41) is 13.5. The van der Waals surface area contributed by atoms with Crippen molar-refractivity contribution in [3.63, 3.8) is 0 Å². The molecule has 3 aromatic carbocycles. The van der Waals surface area contributed by atoms with E-state index in [1.165, 1.54) is 43.5 Å². The first-order chi connectivity index (χ1) is 14.7. The largest absolute Gasteiger partial charge is 0.497 e. The smallest absolute Gasteiger partial charge is 0.270 e. The summed E-state index contributed by atoms with van der Waals surface area (Å²) >= 11 is 5.96. The predicted octanol–water partition coefficient (Wildman–Crippen LogP) is 4.31. The SMILES string of the molecule is COc1ccc(NS(=O)(=O)c2ccc(NC(=O)c3cc([N+](=O)[O-])ccc3Cl)cc2)cc1. The number of non-ortho nitro benzene ring substituents is 1. The average molecular weight is 462 g/mol. The molecule has 0 aliphatic rings. The first-order valence-electron chi connectivity index (χ1n) is 8.72. The fourth-order valence-electron chi connectivity index (χ4n) is 2.59. The zero-order valence-electron chi connectivity index (χ0n) is 16.0. The van der Waals surface area contributed by atoms with Gasteiger partial charge in [0.1, 0.15) is 5.75 Å². The van der Waals surface area contributed by atoms with Crippen molar-refractivity contribution in [3.8, 4) is 5.75 Å². The Balaban J connectivity index is 1.74. The number of benzene rings is 3. The third-order valence-corrected chi connectivity index (χ3v) is 5.90. The van der Waals surface area contributed by atoms with E-state index in [1.54, 1.807) is 24.3 Å². The molecule has 11 heteroatoms. The molecule has 0 spiro atoms. The second-order valence-electron chi connectivity index (χ2n) is 6.23. The molecule has 2 N–H and O–H groups in total. The molecule has 0 atom stereocenters. The van der Waals surface area contributed by atoms with Crippen LogP contribution in [-0.4, -0.2) is 26.4 Å². The average Bonchev–Trinajstić information content (AvgIpc) is 2.74. The number of methoxy groups -OCH3 is 1. The minimum absolute atomic E-state index is 0.0188. The van der Waals surface area contributed by atoms with Gasteiger partial charge < -0.3 is 10.1 Å². The van der Waals surface area contributed by atoms with E-state index in [-0.39, 0.29) is 26.9 Å². The summed E-state index contributed by atoms with van der Waals surface area (Å²) in [4.78, 5) is 22.7. The van der Waals surface area contributed by atoms with Gasteiger partial charge in [0, 0.05) is 23.5 Å². The molecule has 1 amide bonds. The molecule has 3 aromatic rings. The van der Waals surface area contributed by atoms with Crippen molar-refractivity contribution >= 4 is 44.6 Å². The topological polar surface area (TPSA) is 128 Å². The van der Waals surface area contributed by atoms with Gasteiger partial charge in [-0.15, -0.1) is 0 Å². The molecule has 0 fully saturated rings. The molecule has 0 aromatic heterocycles. The van der Waals surface area contributed by atoms with Crippen LogP contribution in [0.3, 0.4) is 0 Å². The quantitative estimate of drug-likeness (QED) is 0.398. The zero-order valence-corrected chi connectivity index (χ0v) is 17.6. The number of nitrogens with one attached hydrogen (secondary N) is 2. The van der Waals surface area contributed by atoms with Crippen LogP contribution >= 0.6 is 11.6 Å². The number of nitrogens with zero attached hydrogens (tertiary/aromatic N) is 1. The Morgan fingerprint density at radius 1 is 1.00 bits per heavy atom. The van der Waals surface area contributed by atoms with Gasteiger partial charge in [-0.05, 0) is 54.6 Å². The highest BCUT2D eigenvalue weighted by Crippen LogP contribution is 2.24. The summed E-state index contributed by atoms with van der Waals surface area (Å²) in [6.07, 6.45) is 0. The maximum atomic E-state index is 12.5. The number of hydrogen-bond acceptors (Lipinski definition) is 6. The van der Waals surface area contributed by atoms with E-state index < -0.39 is 20.9 Å². The highest BCUT2D eigenvalue weighted by molar-refractivity contribution is 7.92. The number of halogens is 1. The minimum Gasteiger partial charge on any atom is -0.497 e. The molecule has 0 bridgehead atoms. The molecule has 0 unspecified atom stereocenters. The van der Waals surface area contributed by atoms with E-state index >= 15 is 0 Å². The number of carbonyl (C=O) groups excluding carboxylic acids is 1. The normalized spacial score (nSPS) is 10.9. The lowest BCUT2D eigenvalue weighted by Crippen LogP contribution is -2.14. The van der Waals surface area contributed by atoms with Crippen molar-refractivity contribution in [1.82, 2.24) is 0 Å². The predicted molar refractivity (Wildman–Crippen MR) is 116 cm³/mol. The van der Waals surface area contributed by atoms with E-state index in [2.05, 4.69) is 10.0 Å². The van der Waals surface area contributed by atoms with Crippen molar-refractivity contribution in [2.75, 3.05) is 17.1 Å². The van der Waals surface area contributed by atoms with Gasteiger partial charge in [0.2, 0.25) is 0 Å². The number of ether oxygens (including phenoxy) is 1. The number of anilines is 2. The summed E-state index contributed by atoms with van der Waals surface area (Å²) in [5.41, 5.74) is 0.295. The maximum Gasteiger partial charge on any atom is 0.270 e. The number of nitro benzene ring substituents is 1. The van der Waals surface area contributed by atoms with Crippen molar-refractivity contribution in [2.24, 2.45) is 0 Å². The van der Waals surface area contributed by atoms with Crippen LogP contribution in [0, 0.1) is 10.1 Å². The second kappa shape index (κ2) is 9.02. The van der Waals surface area contributed by atoms with Gasteiger partial charge in [0.05, 0.1) is 27.5 Å².